The van der Waals surface area contributed by atoms with E-state index in [1.165, 1.54) is 25.7 Å². The summed E-state index contributed by atoms with van der Waals surface area (Å²) in [4.78, 5) is 0. The predicted octanol–water partition coefficient (Wildman–Crippen LogP) is 3.14. The van der Waals surface area contributed by atoms with Crippen molar-refractivity contribution >= 4 is 0 Å². The van der Waals surface area contributed by atoms with Gasteiger partial charge in [-0.2, -0.15) is 7.05 Å². The van der Waals surface area contributed by atoms with Gasteiger partial charge in [0.05, 0.1) is 6.04 Å². The first kappa shape index (κ1) is 13.1. The lowest BCUT2D eigenvalue weighted by Crippen LogP contribution is -2.90. The summed E-state index contributed by atoms with van der Waals surface area (Å²) >= 11 is 0. The molecule has 0 saturated heterocycles. The van der Waals surface area contributed by atoms with Crippen LogP contribution in [0.4, 0.5) is 0 Å². The van der Waals surface area contributed by atoms with E-state index in [0.717, 1.165) is 17.8 Å². The number of nitrogens with two attached hydrogens (primary N) is 1. The van der Waals surface area contributed by atoms with Crippen LogP contribution in [0.1, 0.15) is 53.4 Å². The molecule has 0 aromatic rings. The number of hydrogen-bond donors (Lipinski definition) is 1. The molecule has 0 amide bonds. The Hall–Kier alpha value is -0.300. The molecule has 1 heteroatoms. The van der Waals surface area contributed by atoms with Crippen molar-refractivity contribution in [3.8, 4) is 0 Å². The fraction of sp³-hybridized carbons (Fsp3) is 0.812. The van der Waals surface area contributed by atoms with Gasteiger partial charge in [-0.25, -0.2) is 0 Å². The molecule has 1 nitrogen and oxygen atoms in total. The number of allylic oxidation sites excluding steroid dienone is 1. The van der Waals surface area contributed by atoms with Gasteiger partial charge in [0, 0.05) is 11.3 Å². The molecule has 1 spiro atoms. The van der Waals surface area contributed by atoms with Crippen molar-refractivity contribution in [2.75, 3.05) is 0 Å². The Bertz CT molecular complexity index is 305. The molecule has 4 atom stereocenters. The van der Waals surface area contributed by atoms with Gasteiger partial charge in [0.25, 0.3) is 0 Å². The maximum atomic E-state index is 4.17. The van der Waals surface area contributed by atoms with Crippen molar-refractivity contribution in [1.82, 2.24) is 0 Å². The van der Waals surface area contributed by atoms with Crippen LogP contribution in [0.3, 0.4) is 0 Å². The Kier molecular flexibility index (Phi) is 3.68. The first-order chi connectivity index (χ1) is 8.01. The van der Waals surface area contributed by atoms with Crippen molar-refractivity contribution in [3.05, 3.63) is 18.7 Å². The highest BCUT2D eigenvalue weighted by molar-refractivity contribution is 5.20. The molecular formula is C16H29N. The van der Waals surface area contributed by atoms with Gasteiger partial charge in [-0.15, -0.1) is 0 Å². The highest BCUT2D eigenvalue weighted by atomic mass is 14.9. The molecular weight excluding hydrogens is 206 g/mol. The highest BCUT2D eigenvalue weighted by Gasteiger charge is 2.51. The van der Waals surface area contributed by atoms with Gasteiger partial charge >= 0.3 is 0 Å². The van der Waals surface area contributed by atoms with Crippen LogP contribution in [-0.4, -0.2) is 6.04 Å². The average molecular weight is 235 g/mol. The van der Waals surface area contributed by atoms with E-state index in [4.69, 9.17) is 0 Å². The largest absolute Gasteiger partial charge is 0.475 e. The molecule has 0 aliphatic heterocycles. The maximum Gasteiger partial charge on any atom is 0.0746 e. The zero-order chi connectivity index (χ0) is 12.6. The zero-order valence-corrected chi connectivity index (χ0v) is 12.0. The van der Waals surface area contributed by atoms with Crippen molar-refractivity contribution < 1.29 is 5.32 Å². The van der Waals surface area contributed by atoms with E-state index >= 15 is 0 Å². The summed E-state index contributed by atoms with van der Waals surface area (Å²) < 4.78 is 0. The van der Waals surface area contributed by atoms with Crippen LogP contribution in [0.15, 0.2) is 11.6 Å². The van der Waals surface area contributed by atoms with Gasteiger partial charge < -0.3 is 5.32 Å². The summed E-state index contributed by atoms with van der Waals surface area (Å²) in [5.74, 6) is 2.46. The standard InChI is InChI=1S/C16H29N/c1-11(2)14-7-6-13(4)16(15(14)17-5)9-8-12(3)10-16/h10-11,13-15H,5-9,17H2,1-4H3/t13-,14+,15-,16-/m0/s1. The number of quaternary nitrogens is 1. The Morgan fingerprint density at radius 2 is 2.12 bits per heavy atom. The monoisotopic (exact) mass is 235 g/mol. The normalized spacial score (nSPS) is 42.2. The lowest BCUT2D eigenvalue weighted by Gasteiger charge is -2.49. The van der Waals surface area contributed by atoms with Gasteiger partial charge in [0.15, 0.2) is 0 Å². The first-order valence-electron chi connectivity index (χ1n) is 7.32. The van der Waals surface area contributed by atoms with Crippen LogP contribution in [0.25, 0.3) is 0 Å². The van der Waals surface area contributed by atoms with Crippen molar-refractivity contribution in [1.29, 1.82) is 0 Å². The third-order valence-corrected chi connectivity index (χ3v) is 5.51. The van der Waals surface area contributed by atoms with Gasteiger partial charge in [-0.3, -0.25) is 0 Å². The SMILES string of the molecule is [CH2-][NH2+][C@H]1[C@@H](C(C)C)CC[C@H](C)[C@]12C=C(C)CC2. The average Bonchev–Trinajstić information content (AvgIpc) is 2.65. The van der Waals surface area contributed by atoms with Crippen molar-refractivity contribution in [3.63, 3.8) is 0 Å². The Balaban J connectivity index is 2.33. The second-order valence-electron chi connectivity index (χ2n) is 6.75. The van der Waals surface area contributed by atoms with E-state index in [9.17, 15) is 0 Å². The molecule has 1 fully saturated rings. The van der Waals surface area contributed by atoms with E-state index in [2.05, 4.69) is 46.1 Å². The van der Waals surface area contributed by atoms with Crippen LogP contribution < -0.4 is 5.32 Å². The van der Waals surface area contributed by atoms with E-state index < -0.39 is 0 Å². The van der Waals surface area contributed by atoms with Crippen molar-refractivity contribution in [2.24, 2.45) is 23.2 Å². The van der Waals surface area contributed by atoms with E-state index in [1.54, 1.807) is 5.57 Å². The molecule has 0 heterocycles. The molecule has 1 saturated carbocycles. The minimum atomic E-state index is 0.443. The summed E-state index contributed by atoms with van der Waals surface area (Å²) in [5.41, 5.74) is 2.05. The van der Waals surface area contributed by atoms with E-state index in [1.807, 2.05) is 0 Å². The Morgan fingerprint density at radius 1 is 1.41 bits per heavy atom. The van der Waals surface area contributed by atoms with Crippen LogP contribution in [0.5, 0.6) is 0 Å². The summed E-state index contributed by atoms with van der Waals surface area (Å²) in [5, 5.41) is 2.27. The minimum Gasteiger partial charge on any atom is -0.475 e. The third-order valence-electron chi connectivity index (χ3n) is 5.51. The number of hydrogen-bond acceptors (Lipinski definition) is 0. The molecule has 0 aromatic heterocycles. The quantitative estimate of drug-likeness (QED) is 0.559. The van der Waals surface area contributed by atoms with E-state index in [-0.39, 0.29) is 0 Å². The molecule has 0 unspecified atom stereocenters. The summed E-state index contributed by atoms with van der Waals surface area (Å²) in [6, 6.07) is 0.698. The first-order valence-corrected chi connectivity index (χ1v) is 7.32. The number of rotatable bonds is 2. The second kappa shape index (κ2) is 4.76. The molecule has 2 N–H and O–H groups in total. The Labute approximate surface area is 107 Å². The topological polar surface area (TPSA) is 16.6 Å². The van der Waals surface area contributed by atoms with Crippen LogP contribution >= 0.6 is 0 Å². The molecule has 0 aromatic carbocycles. The second-order valence-corrected chi connectivity index (χ2v) is 6.75. The van der Waals surface area contributed by atoms with Gasteiger partial charge in [-0.05, 0) is 44.4 Å². The smallest absolute Gasteiger partial charge is 0.0746 e. The van der Waals surface area contributed by atoms with Crippen LogP contribution in [0.2, 0.25) is 0 Å². The fourth-order valence-electron chi connectivity index (χ4n) is 4.43. The molecule has 0 bridgehead atoms. The molecule has 2 rings (SSSR count). The van der Waals surface area contributed by atoms with Crippen LogP contribution in [-0.2, 0) is 0 Å². The summed E-state index contributed by atoms with van der Waals surface area (Å²) in [6.45, 7) is 9.54. The molecule has 98 valence electrons. The third kappa shape index (κ3) is 2.07. The molecule has 17 heavy (non-hydrogen) atoms. The summed E-state index contributed by atoms with van der Waals surface area (Å²) in [6.07, 6.45) is 8.07. The zero-order valence-electron chi connectivity index (χ0n) is 12.0. The summed E-state index contributed by atoms with van der Waals surface area (Å²) in [7, 11) is 4.17. The lowest BCUT2D eigenvalue weighted by molar-refractivity contribution is -0.661. The highest BCUT2D eigenvalue weighted by Crippen LogP contribution is 2.52. The van der Waals surface area contributed by atoms with Gasteiger partial charge in [-0.1, -0.05) is 32.4 Å². The fourth-order valence-corrected chi connectivity index (χ4v) is 4.43. The van der Waals surface area contributed by atoms with Gasteiger partial charge in [0.2, 0.25) is 0 Å². The van der Waals surface area contributed by atoms with E-state index in [0.29, 0.717) is 11.5 Å². The predicted molar refractivity (Wildman–Crippen MR) is 73.2 cm³/mol. The molecule has 0 radical (unpaired) electrons. The Morgan fingerprint density at radius 3 is 2.59 bits per heavy atom. The van der Waals surface area contributed by atoms with Crippen molar-refractivity contribution in [2.45, 2.75) is 59.4 Å². The minimum absolute atomic E-state index is 0.443. The van der Waals surface area contributed by atoms with Crippen LogP contribution in [0, 0.1) is 30.2 Å². The molecule has 2 aliphatic carbocycles. The lowest BCUT2D eigenvalue weighted by atomic mass is 9.58. The van der Waals surface area contributed by atoms with Gasteiger partial charge in [0.1, 0.15) is 0 Å². The molecule has 2 aliphatic rings. The maximum absolute atomic E-state index is 4.17.